The molecule has 88 valence electrons. The molecule has 16 heavy (non-hydrogen) atoms. The Morgan fingerprint density at radius 2 is 2.31 bits per heavy atom. The Bertz CT molecular complexity index is 428. The van der Waals surface area contributed by atoms with E-state index < -0.39 is 6.10 Å². The van der Waals surface area contributed by atoms with Crippen molar-refractivity contribution >= 4 is 21.8 Å². The van der Waals surface area contributed by atoms with Crippen molar-refractivity contribution in [2.24, 2.45) is 7.05 Å². The molecule has 0 saturated carbocycles. The minimum atomic E-state index is -0.597. The largest absolute Gasteiger partial charge is 0.392 e. The summed E-state index contributed by atoms with van der Waals surface area (Å²) in [6.07, 6.45) is 0.852. The van der Waals surface area contributed by atoms with Crippen LogP contribution >= 0.6 is 15.9 Å². The second-order valence-corrected chi connectivity index (χ2v) is 4.41. The quantitative estimate of drug-likeness (QED) is 0.838. The van der Waals surface area contributed by atoms with Gasteiger partial charge in [-0.2, -0.15) is 0 Å². The minimum absolute atomic E-state index is 0.180. The van der Waals surface area contributed by atoms with Crippen LogP contribution in [0.2, 0.25) is 0 Å². The van der Waals surface area contributed by atoms with Crippen molar-refractivity contribution in [1.82, 2.24) is 9.88 Å². The van der Waals surface area contributed by atoms with Crippen molar-refractivity contribution in [2.45, 2.75) is 13.0 Å². The summed E-state index contributed by atoms with van der Waals surface area (Å²) in [5, 5.41) is 11.6. The Labute approximate surface area is 101 Å². The maximum atomic E-state index is 11.6. The molecule has 0 aliphatic heterocycles. The van der Waals surface area contributed by atoms with Crippen LogP contribution < -0.4 is 10.9 Å². The lowest BCUT2D eigenvalue weighted by atomic mass is 10.2. The fourth-order valence-electron chi connectivity index (χ4n) is 1.14. The second-order valence-electron chi connectivity index (χ2n) is 3.55. The molecule has 1 unspecified atom stereocenters. The van der Waals surface area contributed by atoms with Crippen LogP contribution in [-0.2, 0) is 7.05 Å². The van der Waals surface area contributed by atoms with E-state index in [4.69, 9.17) is 5.11 Å². The lowest BCUT2D eigenvalue weighted by Gasteiger charge is -2.08. The van der Waals surface area contributed by atoms with Crippen molar-refractivity contribution in [3.8, 4) is 0 Å². The van der Waals surface area contributed by atoms with E-state index in [2.05, 4.69) is 21.2 Å². The zero-order valence-corrected chi connectivity index (χ0v) is 10.6. The summed E-state index contributed by atoms with van der Waals surface area (Å²) in [5.74, 6) is -0.322. The maximum absolute atomic E-state index is 11.6. The number of amides is 1. The molecule has 2 N–H and O–H groups in total. The average molecular weight is 289 g/mol. The topological polar surface area (TPSA) is 71.3 Å². The van der Waals surface area contributed by atoms with Crippen molar-refractivity contribution in [2.75, 3.05) is 6.54 Å². The number of nitrogens with zero attached hydrogens (tertiary/aromatic N) is 1. The lowest BCUT2D eigenvalue weighted by molar-refractivity contribution is 0.0923. The highest BCUT2D eigenvalue weighted by Gasteiger charge is 2.09. The molecule has 0 saturated heterocycles. The van der Waals surface area contributed by atoms with E-state index in [9.17, 15) is 9.59 Å². The SMILES string of the molecule is CC(O)CNC(=O)c1cc(Br)c(=O)n(C)c1. The van der Waals surface area contributed by atoms with E-state index in [0.717, 1.165) is 0 Å². The van der Waals surface area contributed by atoms with Crippen molar-refractivity contribution in [3.63, 3.8) is 0 Å². The molecule has 0 bridgehead atoms. The first-order valence-corrected chi connectivity index (χ1v) is 5.53. The molecule has 0 fully saturated rings. The molecule has 0 aromatic carbocycles. The first-order valence-electron chi connectivity index (χ1n) is 4.74. The number of nitrogens with one attached hydrogen (secondary N) is 1. The average Bonchev–Trinajstić information content (AvgIpc) is 2.21. The van der Waals surface area contributed by atoms with Gasteiger partial charge in [-0.1, -0.05) is 0 Å². The summed E-state index contributed by atoms with van der Waals surface area (Å²) in [6, 6.07) is 1.46. The third-order valence-electron chi connectivity index (χ3n) is 1.96. The summed E-state index contributed by atoms with van der Waals surface area (Å²) in [5.41, 5.74) is 0.168. The zero-order chi connectivity index (χ0) is 12.3. The normalized spacial score (nSPS) is 12.2. The summed E-state index contributed by atoms with van der Waals surface area (Å²) >= 11 is 3.08. The number of halogens is 1. The molecule has 1 atom stereocenters. The number of aliphatic hydroxyl groups is 1. The van der Waals surface area contributed by atoms with Crippen molar-refractivity contribution in [1.29, 1.82) is 0 Å². The highest BCUT2D eigenvalue weighted by atomic mass is 79.9. The molecule has 0 spiro atoms. The van der Waals surface area contributed by atoms with Gasteiger partial charge in [-0.3, -0.25) is 9.59 Å². The second kappa shape index (κ2) is 5.27. The number of aryl methyl sites for hydroxylation is 1. The lowest BCUT2D eigenvalue weighted by Crippen LogP contribution is -2.31. The molecular weight excluding hydrogens is 276 g/mol. The molecule has 1 aromatic heterocycles. The molecule has 6 heteroatoms. The molecule has 5 nitrogen and oxygen atoms in total. The third-order valence-corrected chi connectivity index (χ3v) is 2.53. The molecule has 1 heterocycles. The Balaban J connectivity index is 2.89. The smallest absolute Gasteiger partial charge is 0.264 e. The molecule has 0 aliphatic carbocycles. The highest BCUT2D eigenvalue weighted by molar-refractivity contribution is 9.10. The Morgan fingerprint density at radius 1 is 1.69 bits per heavy atom. The van der Waals surface area contributed by atoms with E-state index in [-0.39, 0.29) is 18.0 Å². The van der Waals surface area contributed by atoms with Gasteiger partial charge in [-0.15, -0.1) is 0 Å². The van der Waals surface area contributed by atoms with E-state index in [1.54, 1.807) is 14.0 Å². The maximum Gasteiger partial charge on any atom is 0.264 e. The summed E-state index contributed by atoms with van der Waals surface area (Å²) in [6.45, 7) is 1.76. The predicted molar refractivity (Wildman–Crippen MR) is 63.4 cm³/mol. The van der Waals surface area contributed by atoms with Gasteiger partial charge in [0.15, 0.2) is 0 Å². The Hall–Kier alpha value is -1.14. The Morgan fingerprint density at radius 3 is 2.81 bits per heavy atom. The zero-order valence-electron chi connectivity index (χ0n) is 9.03. The van der Waals surface area contributed by atoms with Crippen LogP contribution in [0, 0.1) is 0 Å². The van der Waals surface area contributed by atoms with Gasteiger partial charge >= 0.3 is 0 Å². The van der Waals surface area contributed by atoms with Gasteiger partial charge in [0, 0.05) is 19.8 Å². The van der Waals surface area contributed by atoms with E-state index in [1.165, 1.54) is 16.8 Å². The van der Waals surface area contributed by atoms with Crippen molar-refractivity contribution < 1.29 is 9.90 Å². The number of hydrogen-bond acceptors (Lipinski definition) is 3. The molecule has 0 radical (unpaired) electrons. The summed E-state index contributed by atoms with van der Waals surface area (Å²) in [4.78, 5) is 23.0. The van der Waals surface area contributed by atoms with Crippen LogP contribution in [0.15, 0.2) is 21.5 Å². The monoisotopic (exact) mass is 288 g/mol. The summed E-state index contributed by atoms with van der Waals surface area (Å²) < 4.78 is 1.65. The number of hydrogen-bond donors (Lipinski definition) is 2. The fourth-order valence-corrected chi connectivity index (χ4v) is 1.66. The van der Waals surface area contributed by atoms with E-state index in [1.807, 2.05) is 0 Å². The van der Waals surface area contributed by atoms with E-state index in [0.29, 0.717) is 10.0 Å². The number of aliphatic hydroxyl groups excluding tert-OH is 1. The highest BCUT2D eigenvalue weighted by Crippen LogP contribution is 2.06. The van der Waals surface area contributed by atoms with Crippen LogP contribution in [0.25, 0.3) is 0 Å². The molecule has 1 amide bonds. The van der Waals surface area contributed by atoms with Crippen LogP contribution in [0.5, 0.6) is 0 Å². The van der Waals surface area contributed by atoms with Gasteiger partial charge in [-0.25, -0.2) is 0 Å². The number of pyridine rings is 1. The van der Waals surface area contributed by atoms with E-state index >= 15 is 0 Å². The number of aromatic nitrogens is 1. The van der Waals surface area contributed by atoms with Gasteiger partial charge in [0.25, 0.3) is 11.5 Å². The minimum Gasteiger partial charge on any atom is -0.392 e. The summed E-state index contributed by atoms with van der Waals surface area (Å²) in [7, 11) is 1.57. The van der Waals surface area contributed by atoms with Crippen LogP contribution in [0.1, 0.15) is 17.3 Å². The van der Waals surface area contributed by atoms with Crippen LogP contribution in [0.3, 0.4) is 0 Å². The first-order chi connectivity index (χ1) is 7.41. The van der Waals surface area contributed by atoms with Gasteiger partial charge in [-0.05, 0) is 28.9 Å². The predicted octanol–water partition coefficient (Wildman–Crippen LogP) is 0.258. The van der Waals surface area contributed by atoms with Gasteiger partial charge < -0.3 is 15.0 Å². The molecule has 1 rings (SSSR count). The number of rotatable bonds is 3. The standard InChI is InChI=1S/C10H13BrN2O3/c1-6(14)4-12-9(15)7-3-8(11)10(16)13(2)5-7/h3,5-6,14H,4H2,1-2H3,(H,12,15). The van der Waals surface area contributed by atoms with Crippen LogP contribution in [0.4, 0.5) is 0 Å². The van der Waals surface area contributed by atoms with Crippen LogP contribution in [-0.4, -0.2) is 28.2 Å². The Kier molecular flexibility index (Phi) is 4.26. The van der Waals surface area contributed by atoms with Gasteiger partial charge in [0.1, 0.15) is 0 Å². The first kappa shape index (κ1) is 12.9. The van der Waals surface area contributed by atoms with Crippen molar-refractivity contribution in [3.05, 3.63) is 32.7 Å². The van der Waals surface area contributed by atoms with Gasteiger partial charge in [0.05, 0.1) is 16.1 Å². The molecule has 1 aromatic rings. The molecular formula is C10H13BrN2O3. The van der Waals surface area contributed by atoms with Gasteiger partial charge in [0.2, 0.25) is 0 Å². The molecule has 0 aliphatic rings. The fraction of sp³-hybridized carbons (Fsp3) is 0.400. The number of carbonyl (C=O) groups excluding carboxylic acids is 1. The number of carbonyl (C=O) groups is 1. The third kappa shape index (κ3) is 3.18.